The number of aliphatic hydroxyl groups excluding tert-OH is 1. The molecule has 1 saturated heterocycles. The highest BCUT2D eigenvalue weighted by Gasteiger charge is 2.46. The monoisotopic (exact) mass is 545 g/mol. The second-order valence-electron chi connectivity index (χ2n) is 10.1. The zero-order valence-electron chi connectivity index (χ0n) is 23.1. The Bertz CT molecular complexity index is 1410. The third-order valence-corrected chi connectivity index (χ3v) is 7.13. The number of rotatable bonds is 11. The fourth-order valence-electron chi connectivity index (χ4n) is 5.32. The molecule has 1 N–H and O–H groups in total. The van der Waals surface area contributed by atoms with Crippen molar-refractivity contribution in [1.82, 2.24) is 14.5 Å². The smallest absolute Gasteiger partial charge is 0.295 e. The van der Waals surface area contributed by atoms with Crippen molar-refractivity contribution in [2.75, 3.05) is 19.8 Å². The molecule has 1 aromatic heterocycles. The van der Waals surface area contributed by atoms with Gasteiger partial charge in [-0.15, -0.1) is 0 Å². The number of aryl methyl sites for hydroxylation is 1. The Kier molecular flexibility index (Phi) is 8.09. The largest absolute Gasteiger partial charge is 0.507 e. The average molecular weight is 546 g/mol. The highest BCUT2D eigenvalue weighted by molar-refractivity contribution is 6.46. The number of ketones is 1. The van der Waals surface area contributed by atoms with Gasteiger partial charge in [-0.3, -0.25) is 9.59 Å². The summed E-state index contributed by atoms with van der Waals surface area (Å²) in [6.07, 6.45) is 7.46. The third kappa shape index (κ3) is 5.41. The van der Waals surface area contributed by atoms with Gasteiger partial charge in [-0.05, 0) is 68.1 Å². The van der Waals surface area contributed by atoms with Gasteiger partial charge >= 0.3 is 0 Å². The minimum Gasteiger partial charge on any atom is -0.507 e. The summed E-state index contributed by atoms with van der Waals surface area (Å²) in [7, 11) is 0. The van der Waals surface area contributed by atoms with E-state index in [1.165, 1.54) is 0 Å². The maximum Gasteiger partial charge on any atom is 0.295 e. The van der Waals surface area contributed by atoms with E-state index in [-0.39, 0.29) is 17.4 Å². The van der Waals surface area contributed by atoms with Crippen molar-refractivity contribution in [3.8, 4) is 17.2 Å². The van der Waals surface area contributed by atoms with Gasteiger partial charge in [0, 0.05) is 37.5 Å². The van der Waals surface area contributed by atoms with E-state index in [1.54, 1.807) is 41.7 Å². The van der Waals surface area contributed by atoms with Crippen LogP contribution in [0.1, 0.15) is 56.3 Å². The first-order chi connectivity index (χ1) is 19.4. The van der Waals surface area contributed by atoms with Gasteiger partial charge in [0.2, 0.25) is 0 Å². The van der Waals surface area contributed by atoms with Gasteiger partial charge in [0.25, 0.3) is 11.7 Å². The van der Waals surface area contributed by atoms with Gasteiger partial charge in [0.15, 0.2) is 11.5 Å². The molecule has 2 aromatic carbocycles. The Balaban J connectivity index is 1.56. The quantitative estimate of drug-likeness (QED) is 0.208. The molecule has 2 aliphatic heterocycles. The predicted molar refractivity (Wildman–Crippen MR) is 149 cm³/mol. The first-order valence-electron chi connectivity index (χ1n) is 13.8. The topological polar surface area (TPSA) is 103 Å². The molecule has 0 aliphatic carbocycles. The average Bonchev–Trinajstić information content (AvgIpc) is 3.66. The van der Waals surface area contributed by atoms with Gasteiger partial charge < -0.3 is 28.8 Å². The molecule has 0 spiro atoms. The molecular weight excluding hydrogens is 510 g/mol. The lowest BCUT2D eigenvalue weighted by Crippen LogP contribution is -2.31. The van der Waals surface area contributed by atoms with E-state index in [9.17, 15) is 14.7 Å². The number of aromatic nitrogens is 2. The number of carbonyl (C=O) groups is 2. The molecule has 2 atom stereocenters. The number of amides is 1. The molecule has 3 aromatic rings. The Morgan fingerprint density at radius 1 is 1.10 bits per heavy atom. The number of carbonyl (C=O) groups excluding carboxylic acids is 2. The van der Waals surface area contributed by atoms with Crippen molar-refractivity contribution in [2.24, 2.45) is 0 Å². The Morgan fingerprint density at radius 3 is 2.70 bits per heavy atom. The molecule has 9 heteroatoms. The van der Waals surface area contributed by atoms with Gasteiger partial charge in [0.1, 0.15) is 17.6 Å². The number of likely N-dealkylation sites (tertiary alicyclic amines) is 1. The van der Waals surface area contributed by atoms with Crippen LogP contribution in [0.5, 0.6) is 17.2 Å². The van der Waals surface area contributed by atoms with Crippen LogP contribution >= 0.6 is 0 Å². The zero-order valence-corrected chi connectivity index (χ0v) is 23.1. The van der Waals surface area contributed by atoms with Crippen LogP contribution in [0.4, 0.5) is 0 Å². The number of ether oxygens (including phenoxy) is 3. The molecule has 0 radical (unpaired) electrons. The number of Topliss-reactive ketones (excluding diaryl/α,β-unsaturated/α-hetero) is 1. The molecule has 2 aliphatic rings. The first-order valence-corrected chi connectivity index (χ1v) is 13.8. The summed E-state index contributed by atoms with van der Waals surface area (Å²) < 4.78 is 19.5. The van der Waals surface area contributed by atoms with Crippen molar-refractivity contribution < 1.29 is 28.9 Å². The summed E-state index contributed by atoms with van der Waals surface area (Å²) in [5, 5.41) is 11.5. The lowest BCUT2D eigenvalue weighted by atomic mass is 9.94. The van der Waals surface area contributed by atoms with Crippen LogP contribution in [0.25, 0.3) is 5.76 Å². The molecule has 40 heavy (non-hydrogen) atoms. The van der Waals surface area contributed by atoms with Crippen molar-refractivity contribution in [3.05, 3.63) is 77.4 Å². The zero-order chi connectivity index (χ0) is 28.2. The summed E-state index contributed by atoms with van der Waals surface area (Å²) in [6, 6.07) is 10.0. The lowest BCUT2D eigenvalue weighted by molar-refractivity contribution is -0.139. The van der Waals surface area contributed by atoms with E-state index in [4.69, 9.17) is 14.2 Å². The molecule has 5 rings (SSSR count). The number of nitrogens with zero attached hydrogens (tertiary/aromatic N) is 3. The number of benzene rings is 2. The van der Waals surface area contributed by atoms with Crippen LogP contribution < -0.4 is 14.2 Å². The van der Waals surface area contributed by atoms with Crippen molar-refractivity contribution in [1.29, 1.82) is 0 Å². The molecule has 3 heterocycles. The summed E-state index contributed by atoms with van der Waals surface area (Å²) in [5.74, 6) is 0.342. The van der Waals surface area contributed by atoms with Crippen LogP contribution in [0, 0.1) is 0 Å². The number of hydrogen-bond acceptors (Lipinski definition) is 7. The molecule has 0 unspecified atom stereocenters. The Morgan fingerprint density at radius 2 is 1.95 bits per heavy atom. The summed E-state index contributed by atoms with van der Waals surface area (Å²) >= 11 is 0. The minimum absolute atomic E-state index is 0.0406. The van der Waals surface area contributed by atoms with Gasteiger partial charge in [-0.1, -0.05) is 13.0 Å². The number of hydrogen-bond donors (Lipinski definition) is 1. The van der Waals surface area contributed by atoms with E-state index in [1.807, 2.05) is 43.7 Å². The van der Waals surface area contributed by atoms with E-state index in [0.29, 0.717) is 61.8 Å². The van der Waals surface area contributed by atoms with Crippen LogP contribution in [-0.2, 0) is 22.6 Å². The Hall–Kier alpha value is -4.27. The van der Waals surface area contributed by atoms with Gasteiger partial charge in [-0.25, -0.2) is 4.98 Å². The Labute approximate surface area is 234 Å². The summed E-state index contributed by atoms with van der Waals surface area (Å²) in [6.45, 7) is 7.80. The van der Waals surface area contributed by atoms with E-state index in [0.717, 1.165) is 17.7 Å². The van der Waals surface area contributed by atoms with Gasteiger partial charge in [-0.2, -0.15) is 0 Å². The van der Waals surface area contributed by atoms with Crippen molar-refractivity contribution in [3.63, 3.8) is 0 Å². The molecule has 1 amide bonds. The molecule has 0 bridgehead atoms. The third-order valence-electron chi connectivity index (χ3n) is 7.13. The molecule has 0 saturated carbocycles. The first kappa shape index (κ1) is 27.3. The summed E-state index contributed by atoms with van der Waals surface area (Å²) in [5.41, 5.74) is 2.16. The number of aliphatic hydroxyl groups is 1. The standard InChI is InChI=1S/C31H35N3O6/c1-4-15-39-25-10-7-21(18-26(25)38-5-2)28-27(29(35)22-8-9-24-23(17-22)16-20(3)40-24)30(36)31(37)34(28)13-6-12-33-14-11-32-19-33/h7-11,14,17-20,28,35H,4-6,12-13,15-16H2,1-3H3/t20-,28+/m1/s1. The lowest BCUT2D eigenvalue weighted by Gasteiger charge is -2.26. The molecule has 1 fully saturated rings. The highest BCUT2D eigenvalue weighted by atomic mass is 16.5. The molecule has 9 nitrogen and oxygen atoms in total. The minimum atomic E-state index is -0.786. The molecular formula is C31H35N3O6. The number of fused-ring (bicyclic) bond motifs is 1. The maximum absolute atomic E-state index is 13.5. The van der Waals surface area contributed by atoms with Crippen molar-refractivity contribution >= 4 is 17.4 Å². The van der Waals surface area contributed by atoms with Crippen molar-refractivity contribution in [2.45, 2.75) is 58.7 Å². The highest BCUT2D eigenvalue weighted by Crippen LogP contribution is 2.43. The van der Waals surface area contributed by atoms with E-state index < -0.39 is 17.7 Å². The van der Waals surface area contributed by atoms with E-state index in [2.05, 4.69) is 4.98 Å². The fraction of sp³-hybridized carbons (Fsp3) is 0.387. The van der Waals surface area contributed by atoms with Crippen LogP contribution in [-0.4, -0.2) is 57.1 Å². The van der Waals surface area contributed by atoms with E-state index >= 15 is 0 Å². The fourth-order valence-corrected chi connectivity index (χ4v) is 5.32. The second-order valence-corrected chi connectivity index (χ2v) is 10.1. The maximum atomic E-state index is 13.5. The summed E-state index contributed by atoms with van der Waals surface area (Å²) in [4.78, 5) is 32.5. The SMILES string of the molecule is CCCOc1ccc([C@H]2C(=C(O)c3ccc4c(c3)C[C@@H](C)O4)C(=O)C(=O)N2CCCn2ccnc2)cc1OCC. The normalized spacial score (nSPS) is 19.5. The van der Waals surface area contributed by atoms with Crippen LogP contribution in [0.2, 0.25) is 0 Å². The molecule has 210 valence electrons. The second kappa shape index (κ2) is 11.9. The van der Waals surface area contributed by atoms with Crippen LogP contribution in [0.3, 0.4) is 0 Å². The number of imidazole rings is 1. The predicted octanol–water partition coefficient (Wildman–Crippen LogP) is 4.91. The van der Waals surface area contributed by atoms with Crippen LogP contribution in [0.15, 0.2) is 60.7 Å². The van der Waals surface area contributed by atoms with Gasteiger partial charge in [0.05, 0.1) is 31.2 Å².